The van der Waals surface area contributed by atoms with Gasteiger partial charge in [0.05, 0.1) is 0 Å². The highest BCUT2D eigenvalue weighted by Crippen LogP contribution is 2.14. The predicted octanol–water partition coefficient (Wildman–Crippen LogP) is 2.30. The van der Waals surface area contributed by atoms with E-state index in [4.69, 9.17) is 0 Å². The van der Waals surface area contributed by atoms with Crippen LogP contribution in [0.1, 0.15) is 31.5 Å². The Hall–Kier alpha value is -1.42. The highest BCUT2D eigenvalue weighted by atomic mass is 15.2. The van der Waals surface area contributed by atoms with Crippen molar-refractivity contribution in [1.29, 1.82) is 0 Å². The van der Waals surface area contributed by atoms with Gasteiger partial charge in [-0.05, 0) is 25.8 Å². The molecule has 0 bridgehead atoms. The molecule has 0 fully saturated rings. The summed E-state index contributed by atoms with van der Waals surface area (Å²) in [6.07, 6.45) is 7.44. The summed E-state index contributed by atoms with van der Waals surface area (Å²) in [6.45, 7) is 10.3. The lowest BCUT2D eigenvalue weighted by atomic mass is 10.2. The molecule has 1 aliphatic heterocycles. The van der Waals surface area contributed by atoms with E-state index in [9.17, 15) is 0 Å². The Balaban J connectivity index is 1.98. The van der Waals surface area contributed by atoms with Crippen molar-refractivity contribution in [2.75, 3.05) is 24.5 Å². The van der Waals surface area contributed by atoms with Gasteiger partial charge in [-0.1, -0.05) is 26.0 Å². The van der Waals surface area contributed by atoms with Crippen molar-refractivity contribution in [2.24, 2.45) is 5.92 Å². The third-order valence-electron chi connectivity index (χ3n) is 3.28. The average molecular weight is 260 g/mol. The number of aromatic nitrogens is 2. The van der Waals surface area contributed by atoms with E-state index in [0.29, 0.717) is 5.92 Å². The SMILES string of the molecule is Cc1nc(N2CC=CCC2)ncc1CNCC(C)C. The predicted molar refractivity (Wildman–Crippen MR) is 79.3 cm³/mol. The minimum atomic E-state index is 0.667. The maximum atomic E-state index is 4.64. The van der Waals surface area contributed by atoms with Crippen LogP contribution in [0.15, 0.2) is 18.3 Å². The van der Waals surface area contributed by atoms with Crippen molar-refractivity contribution in [1.82, 2.24) is 15.3 Å². The first-order valence-electron chi connectivity index (χ1n) is 7.10. The molecule has 0 spiro atoms. The molecule has 0 saturated carbocycles. The Bertz CT molecular complexity index is 440. The van der Waals surface area contributed by atoms with E-state index in [1.807, 2.05) is 6.20 Å². The lowest BCUT2D eigenvalue weighted by molar-refractivity contribution is 0.550. The Morgan fingerprint density at radius 2 is 2.21 bits per heavy atom. The zero-order valence-corrected chi connectivity index (χ0v) is 12.2. The Kier molecular flexibility index (Phi) is 4.91. The van der Waals surface area contributed by atoms with Gasteiger partial charge in [0.15, 0.2) is 0 Å². The van der Waals surface area contributed by atoms with Gasteiger partial charge in [0.1, 0.15) is 0 Å². The first kappa shape index (κ1) is 14.0. The third kappa shape index (κ3) is 4.03. The molecule has 19 heavy (non-hydrogen) atoms. The topological polar surface area (TPSA) is 41.1 Å². The van der Waals surface area contributed by atoms with Crippen LogP contribution in [0.3, 0.4) is 0 Å². The lowest BCUT2D eigenvalue weighted by Gasteiger charge is -2.23. The number of hydrogen-bond acceptors (Lipinski definition) is 4. The molecule has 0 aliphatic carbocycles. The summed E-state index contributed by atoms with van der Waals surface area (Å²) in [4.78, 5) is 11.4. The first-order valence-corrected chi connectivity index (χ1v) is 7.10. The first-order chi connectivity index (χ1) is 9.16. The molecule has 4 nitrogen and oxygen atoms in total. The lowest BCUT2D eigenvalue weighted by Crippen LogP contribution is -2.29. The minimum Gasteiger partial charge on any atom is -0.337 e. The largest absolute Gasteiger partial charge is 0.337 e. The molecule has 1 aliphatic rings. The van der Waals surface area contributed by atoms with Crippen LogP contribution in [0.2, 0.25) is 0 Å². The van der Waals surface area contributed by atoms with E-state index in [2.05, 4.69) is 53.1 Å². The van der Waals surface area contributed by atoms with Crippen LogP contribution in [0, 0.1) is 12.8 Å². The van der Waals surface area contributed by atoms with Crippen LogP contribution >= 0.6 is 0 Å². The maximum absolute atomic E-state index is 4.64. The molecule has 2 rings (SSSR count). The van der Waals surface area contributed by atoms with Gasteiger partial charge in [0, 0.05) is 37.1 Å². The van der Waals surface area contributed by atoms with Crippen molar-refractivity contribution in [3.8, 4) is 0 Å². The minimum absolute atomic E-state index is 0.667. The maximum Gasteiger partial charge on any atom is 0.225 e. The van der Waals surface area contributed by atoms with E-state index in [1.165, 1.54) is 5.56 Å². The number of anilines is 1. The summed E-state index contributed by atoms with van der Waals surface area (Å²) in [5.74, 6) is 1.52. The Labute approximate surface area is 115 Å². The molecule has 0 unspecified atom stereocenters. The van der Waals surface area contributed by atoms with Gasteiger partial charge in [-0.15, -0.1) is 0 Å². The van der Waals surface area contributed by atoms with Crippen LogP contribution in [0.25, 0.3) is 0 Å². The Morgan fingerprint density at radius 1 is 1.37 bits per heavy atom. The van der Waals surface area contributed by atoms with E-state index in [1.54, 1.807) is 0 Å². The summed E-state index contributed by atoms with van der Waals surface area (Å²) in [6, 6.07) is 0. The molecule has 2 heterocycles. The highest BCUT2D eigenvalue weighted by molar-refractivity contribution is 5.35. The molecule has 0 aromatic carbocycles. The molecule has 4 heteroatoms. The van der Waals surface area contributed by atoms with E-state index in [-0.39, 0.29) is 0 Å². The third-order valence-corrected chi connectivity index (χ3v) is 3.28. The van der Waals surface area contributed by atoms with E-state index >= 15 is 0 Å². The highest BCUT2D eigenvalue weighted by Gasteiger charge is 2.11. The van der Waals surface area contributed by atoms with Gasteiger partial charge in [0.2, 0.25) is 5.95 Å². The molecule has 0 atom stereocenters. The Morgan fingerprint density at radius 3 is 2.84 bits per heavy atom. The fourth-order valence-electron chi connectivity index (χ4n) is 2.12. The van der Waals surface area contributed by atoms with Gasteiger partial charge in [-0.25, -0.2) is 9.97 Å². The monoisotopic (exact) mass is 260 g/mol. The summed E-state index contributed by atoms with van der Waals surface area (Å²) in [5, 5.41) is 3.44. The standard InChI is InChI=1S/C15H24N4/c1-12(2)9-16-10-14-11-17-15(18-13(14)3)19-7-5-4-6-8-19/h4-5,11-12,16H,6-10H2,1-3H3. The van der Waals surface area contributed by atoms with Gasteiger partial charge in [-0.2, -0.15) is 0 Å². The van der Waals surface area contributed by atoms with Crippen molar-refractivity contribution < 1.29 is 0 Å². The number of rotatable bonds is 5. The molecular weight excluding hydrogens is 236 g/mol. The molecule has 1 N–H and O–H groups in total. The zero-order valence-electron chi connectivity index (χ0n) is 12.2. The second kappa shape index (κ2) is 6.66. The molecular formula is C15H24N4. The van der Waals surface area contributed by atoms with Gasteiger partial charge < -0.3 is 10.2 Å². The van der Waals surface area contributed by atoms with Crippen molar-refractivity contribution >= 4 is 5.95 Å². The summed E-state index contributed by atoms with van der Waals surface area (Å²) < 4.78 is 0. The normalized spacial score (nSPS) is 15.3. The number of nitrogens with zero attached hydrogens (tertiary/aromatic N) is 3. The fraction of sp³-hybridized carbons (Fsp3) is 0.600. The molecule has 104 valence electrons. The number of hydrogen-bond donors (Lipinski definition) is 1. The number of aryl methyl sites for hydroxylation is 1. The van der Waals surface area contributed by atoms with Crippen LogP contribution < -0.4 is 10.2 Å². The van der Waals surface area contributed by atoms with E-state index in [0.717, 1.165) is 44.2 Å². The average Bonchev–Trinajstić information content (AvgIpc) is 2.41. The summed E-state index contributed by atoms with van der Waals surface area (Å²) in [5.41, 5.74) is 2.27. The fourth-order valence-corrected chi connectivity index (χ4v) is 2.12. The molecule has 1 aromatic rings. The molecule has 0 amide bonds. The quantitative estimate of drug-likeness (QED) is 0.825. The van der Waals surface area contributed by atoms with Crippen molar-refractivity contribution in [3.05, 3.63) is 29.6 Å². The van der Waals surface area contributed by atoms with Gasteiger partial charge >= 0.3 is 0 Å². The van der Waals surface area contributed by atoms with Gasteiger partial charge in [-0.3, -0.25) is 0 Å². The van der Waals surface area contributed by atoms with Crippen LogP contribution in [-0.4, -0.2) is 29.6 Å². The number of nitrogens with one attached hydrogen (secondary N) is 1. The second-order valence-corrected chi connectivity index (χ2v) is 5.51. The van der Waals surface area contributed by atoms with Crippen LogP contribution in [0.4, 0.5) is 5.95 Å². The van der Waals surface area contributed by atoms with Crippen molar-refractivity contribution in [2.45, 2.75) is 33.7 Å². The van der Waals surface area contributed by atoms with Crippen LogP contribution in [0.5, 0.6) is 0 Å². The van der Waals surface area contributed by atoms with Gasteiger partial charge in [0.25, 0.3) is 0 Å². The van der Waals surface area contributed by atoms with Crippen molar-refractivity contribution in [3.63, 3.8) is 0 Å². The van der Waals surface area contributed by atoms with E-state index < -0.39 is 0 Å². The zero-order chi connectivity index (χ0) is 13.7. The molecule has 1 aromatic heterocycles. The summed E-state index contributed by atoms with van der Waals surface area (Å²) in [7, 11) is 0. The smallest absolute Gasteiger partial charge is 0.225 e. The van der Waals surface area contributed by atoms with Crippen LogP contribution in [-0.2, 0) is 6.54 Å². The molecule has 0 saturated heterocycles. The summed E-state index contributed by atoms with van der Waals surface area (Å²) >= 11 is 0. The second-order valence-electron chi connectivity index (χ2n) is 5.51. The molecule has 0 radical (unpaired) electrons.